The number of carbonyl (C=O) groups excluding carboxylic acids is 1. The van der Waals surface area contributed by atoms with Crippen LogP contribution < -0.4 is 0 Å². The molecule has 108 valence electrons. The summed E-state index contributed by atoms with van der Waals surface area (Å²) in [4.78, 5) is 14.3. The second-order valence-electron chi connectivity index (χ2n) is 6.32. The maximum atomic E-state index is 12.4. The van der Waals surface area contributed by atoms with Gasteiger partial charge in [0.2, 0.25) is 5.91 Å². The number of aliphatic hydroxyl groups is 1. The van der Waals surface area contributed by atoms with Gasteiger partial charge < -0.3 is 10.0 Å². The Bertz CT molecular complexity index is 512. The molecule has 3 heteroatoms. The maximum Gasteiger partial charge on any atom is 0.223 e. The third-order valence-electron chi connectivity index (χ3n) is 4.75. The van der Waals surface area contributed by atoms with Gasteiger partial charge in [-0.3, -0.25) is 4.79 Å². The van der Waals surface area contributed by atoms with Crippen LogP contribution in [0.25, 0.3) is 0 Å². The lowest BCUT2D eigenvalue weighted by molar-refractivity contribution is -0.133. The highest BCUT2D eigenvalue weighted by molar-refractivity contribution is 5.77. The lowest BCUT2D eigenvalue weighted by atomic mass is 10.0. The zero-order chi connectivity index (χ0) is 14.1. The van der Waals surface area contributed by atoms with Crippen molar-refractivity contribution in [1.29, 1.82) is 0 Å². The number of aryl methyl sites for hydroxylation is 1. The molecule has 3 rings (SSSR count). The van der Waals surface area contributed by atoms with Crippen molar-refractivity contribution in [2.24, 2.45) is 5.92 Å². The molecule has 0 saturated carbocycles. The van der Waals surface area contributed by atoms with E-state index in [1.54, 1.807) is 0 Å². The molecule has 3 nitrogen and oxygen atoms in total. The number of hydrogen-bond acceptors (Lipinski definition) is 2. The number of nitrogens with zero attached hydrogens (tertiary/aromatic N) is 1. The van der Waals surface area contributed by atoms with Crippen molar-refractivity contribution < 1.29 is 9.90 Å². The van der Waals surface area contributed by atoms with Crippen molar-refractivity contribution in [3.8, 4) is 0 Å². The van der Waals surface area contributed by atoms with E-state index in [1.807, 2.05) is 4.90 Å². The zero-order valence-corrected chi connectivity index (χ0v) is 12.1. The van der Waals surface area contributed by atoms with E-state index in [4.69, 9.17) is 0 Å². The molecule has 0 radical (unpaired) electrons. The fraction of sp³-hybridized carbons (Fsp3) is 0.588. The van der Waals surface area contributed by atoms with E-state index in [0.29, 0.717) is 12.3 Å². The number of benzene rings is 1. The van der Waals surface area contributed by atoms with Gasteiger partial charge in [-0.05, 0) is 49.7 Å². The van der Waals surface area contributed by atoms with Gasteiger partial charge in [0.25, 0.3) is 0 Å². The van der Waals surface area contributed by atoms with Crippen LogP contribution in [0.4, 0.5) is 0 Å². The van der Waals surface area contributed by atoms with Crippen LogP contribution in [-0.2, 0) is 17.6 Å². The van der Waals surface area contributed by atoms with Crippen molar-refractivity contribution in [3.63, 3.8) is 0 Å². The Morgan fingerprint density at radius 1 is 1.35 bits per heavy atom. The normalized spacial score (nSPS) is 25.0. The second kappa shape index (κ2) is 5.57. The first-order chi connectivity index (χ1) is 9.67. The molecule has 0 aromatic heterocycles. The summed E-state index contributed by atoms with van der Waals surface area (Å²) < 4.78 is 0. The van der Waals surface area contributed by atoms with Gasteiger partial charge in [-0.2, -0.15) is 0 Å². The fourth-order valence-electron chi connectivity index (χ4n) is 3.70. The molecule has 1 aromatic carbocycles. The van der Waals surface area contributed by atoms with Gasteiger partial charge in [0, 0.05) is 13.0 Å². The molecule has 1 aliphatic heterocycles. The summed E-state index contributed by atoms with van der Waals surface area (Å²) in [6, 6.07) is 6.69. The van der Waals surface area contributed by atoms with Crippen LogP contribution in [0, 0.1) is 12.8 Å². The third-order valence-corrected chi connectivity index (χ3v) is 4.75. The number of fused-ring (bicyclic) bond motifs is 1. The van der Waals surface area contributed by atoms with Crippen LogP contribution in [0.5, 0.6) is 0 Å². The molecule has 0 bridgehead atoms. The highest BCUT2D eigenvalue weighted by atomic mass is 16.3. The Balaban J connectivity index is 1.61. The molecule has 1 aromatic rings. The van der Waals surface area contributed by atoms with E-state index in [9.17, 15) is 9.90 Å². The summed E-state index contributed by atoms with van der Waals surface area (Å²) in [6.45, 7) is 3.05. The minimum absolute atomic E-state index is 0.0634. The predicted octanol–water partition coefficient (Wildman–Crippen LogP) is 2.08. The molecule has 20 heavy (non-hydrogen) atoms. The highest BCUT2D eigenvalue weighted by Gasteiger charge is 2.31. The van der Waals surface area contributed by atoms with Crippen LogP contribution in [0.2, 0.25) is 0 Å². The number of hydrogen-bond donors (Lipinski definition) is 1. The lowest BCUT2D eigenvalue weighted by Gasteiger charge is -2.24. The molecule has 1 heterocycles. The van der Waals surface area contributed by atoms with Gasteiger partial charge in [-0.15, -0.1) is 0 Å². The summed E-state index contributed by atoms with van der Waals surface area (Å²) in [5.74, 6) is 0.676. The first-order valence-electron chi connectivity index (χ1n) is 7.66. The Morgan fingerprint density at radius 3 is 2.95 bits per heavy atom. The Kier molecular flexibility index (Phi) is 3.79. The molecule has 1 aliphatic carbocycles. The number of aliphatic hydroxyl groups excluding tert-OH is 1. The first kappa shape index (κ1) is 13.6. The van der Waals surface area contributed by atoms with Crippen LogP contribution in [0.15, 0.2) is 18.2 Å². The van der Waals surface area contributed by atoms with E-state index < -0.39 is 0 Å². The van der Waals surface area contributed by atoms with Gasteiger partial charge in [-0.1, -0.05) is 23.8 Å². The summed E-state index contributed by atoms with van der Waals surface area (Å²) in [7, 11) is 0. The van der Waals surface area contributed by atoms with Crippen LogP contribution >= 0.6 is 0 Å². The highest BCUT2D eigenvalue weighted by Crippen LogP contribution is 2.30. The number of amides is 1. The van der Waals surface area contributed by atoms with E-state index in [0.717, 1.165) is 32.2 Å². The molecule has 2 atom stereocenters. The average Bonchev–Trinajstić information content (AvgIpc) is 3.03. The summed E-state index contributed by atoms with van der Waals surface area (Å²) in [6.07, 6.45) is 4.66. The molecule has 2 aliphatic rings. The van der Waals surface area contributed by atoms with Gasteiger partial charge in [0.15, 0.2) is 0 Å². The van der Waals surface area contributed by atoms with E-state index >= 15 is 0 Å². The quantitative estimate of drug-likeness (QED) is 0.916. The van der Waals surface area contributed by atoms with E-state index in [1.165, 1.54) is 16.7 Å². The van der Waals surface area contributed by atoms with Crippen molar-refractivity contribution in [1.82, 2.24) is 4.90 Å². The third kappa shape index (κ3) is 2.59. The Hall–Kier alpha value is -1.35. The topological polar surface area (TPSA) is 40.5 Å². The minimum Gasteiger partial charge on any atom is -0.394 e. The maximum absolute atomic E-state index is 12.4. The summed E-state index contributed by atoms with van der Waals surface area (Å²) in [5, 5.41) is 9.32. The number of likely N-dealkylation sites (tertiary alicyclic amines) is 1. The molecule has 0 unspecified atom stereocenters. The monoisotopic (exact) mass is 273 g/mol. The largest absolute Gasteiger partial charge is 0.394 e. The second-order valence-corrected chi connectivity index (χ2v) is 6.32. The molecule has 1 amide bonds. The van der Waals surface area contributed by atoms with Crippen LogP contribution in [0.3, 0.4) is 0 Å². The van der Waals surface area contributed by atoms with Crippen LogP contribution in [-0.4, -0.2) is 35.1 Å². The van der Waals surface area contributed by atoms with E-state index in [2.05, 4.69) is 25.1 Å². The molecule has 1 fully saturated rings. The molecule has 1 N–H and O–H groups in total. The molecule has 1 saturated heterocycles. The molecular weight excluding hydrogens is 250 g/mol. The average molecular weight is 273 g/mol. The number of carbonyl (C=O) groups is 1. The summed E-state index contributed by atoms with van der Waals surface area (Å²) >= 11 is 0. The fourth-order valence-corrected chi connectivity index (χ4v) is 3.70. The van der Waals surface area contributed by atoms with Crippen molar-refractivity contribution in [2.75, 3.05) is 13.2 Å². The molecule has 0 spiro atoms. The first-order valence-corrected chi connectivity index (χ1v) is 7.66. The van der Waals surface area contributed by atoms with Gasteiger partial charge in [0.1, 0.15) is 0 Å². The Morgan fingerprint density at radius 2 is 2.15 bits per heavy atom. The van der Waals surface area contributed by atoms with Crippen LogP contribution in [0.1, 0.15) is 36.0 Å². The smallest absolute Gasteiger partial charge is 0.223 e. The van der Waals surface area contributed by atoms with Crippen molar-refractivity contribution in [3.05, 3.63) is 34.9 Å². The standard InChI is InChI=1S/C17H23NO2/c1-12-4-5-14-8-13(9-15(14)7-12)10-17(20)18-6-2-3-16(18)11-19/h4-5,7,13,16,19H,2-3,6,8-11H2,1H3/t13-,16+/m1/s1. The van der Waals surface area contributed by atoms with Gasteiger partial charge in [-0.25, -0.2) is 0 Å². The SMILES string of the molecule is Cc1ccc2c(c1)C[C@H](CC(=O)N1CCC[C@H]1CO)C2. The van der Waals surface area contributed by atoms with Gasteiger partial charge >= 0.3 is 0 Å². The minimum atomic E-state index is 0.0634. The zero-order valence-electron chi connectivity index (χ0n) is 12.1. The van der Waals surface area contributed by atoms with Crippen molar-refractivity contribution in [2.45, 2.75) is 45.1 Å². The van der Waals surface area contributed by atoms with Crippen molar-refractivity contribution >= 4 is 5.91 Å². The molecular formula is C17H23NO2. The predicted molar refractivity (Wildman–Crippen MR) is 78.5 cm³/mol. The Labute approximate surface area is 120 Å². The summed E-state index contributed by atoms with van der Waals surface area (Å²) in [5.41, 5.74) is 4.13. The lowest BCUT2D eigenvalue weighted by Crippen LogP contribution is -2.38. The van der Waals surface area contributed by atoms with Gasteiger partial charge in [0.05, 0.1) is 12.6 Å². The number of rotatable bonds is 3. The van der Waals surface area contributed by atoms with E-state index in [-0.39, 0.29) is 18.6 Å².